The zero-order valence-electron chi connectivity index (χ0n) is 31.6. The fourth-order valence-electron chi connectivity index (χ4n) is 7.40. The number of nitrogens with one attached hydrogen (secondary N) is 4. The Morgan fingerprint density at radius 1 is 0.929 bits per heavy atom. The molecule has 2 heterocycles. The molecular formula is C41H50ClN7O7. The fraction of sp³-hybridized carbons (Fsp3) is 0.415. The van der Waals surface area contributed by atoms with Crippen molar-refractivity contribution in [3.63, 3.8) is 0 Å². The number of rotatable bonds is 20. The van der Waals surface area contributed by atoms with E-state index in [1.165, 1.54) is 17.7 Å². The number of carbonyl (C=O) groups excluding carboxylic acids is 6. The summed E-state index contributed by atoms with van der Waals surface area (Å²) in [5.41, 5.74) is 14.6. The second-order valence-corrected chi connectivity index (χ2v) is 14.8. The van der Waals surface area contributed by atoms with Gasteiger partial charge in [0.2, 0.25) is 17.7 Å². The number of imide groups is 1. The average Bonchev–Trinajstić information content (AvgIpc) is 3.74. The van der Waals surface area contributed by atoms with Gasteiger partial charge in [-0.25, -0.2) is 4.79 Å². The van der Waals surface area contributed by atoms with Crippen molar-refractivity contribution in [1.82, 2.24) is 15.5 Å². The monoisotopic (exact) mass is 787 g/mol. The van der Waals surface area contributed by atoms with E-state index >= 15 is 0 Å². The first-order chi connectivity index (χ1) is 26.9. The first kappa shape index (κ1) is 41.5. The normalized spacial score (nSPS) is 16.3. The number of nitrogens with two attached hydrogens (primary N) is 2. The summed E-state index contributed by atoms with van der Waals surface area (Å²) in [7, 11) is 0. The molecule has 0 spiro atoms. The molecule has 14 nitrogen and oxygen atoms in total. The highest BCUT2D eigenvalue weighted by atomic mass is 35.5. The molecule has 15 heteroatoms. The second kappa shape index (κ2) is 19.3. The van der Waals surface area contributed by atoms with Crippen LogP contribution >= 0.6 is 11.6 Å². The van der Waals surface area contributed by atoms with E-state index in [9.17, 15) is 28.8 Å². The maximum atomic E-state index is 13.9. The molecule has 0 fully saturated rings. The lowest BCUT2D eigenvalue weighted by atomic mass is 9.79. The van der Waals surface area contributed by atoms with Crippen molar-refractivity contribution in [1.29, 1.82) is 0 Å². The molecule has 0 radical (unpaired) electrons. The summed E-state index contributed by atoms with van der Waals surface area (Å²) in [6, 6.07) is 15.6. The van der Waals surface area contributed by atoms with E-state index in [1.54, 1.807) is 26.0 Å². The molecule has 8 N–H and O–H groups in total. The van der Waals surface area contributed by atoms with E-state index in [1.807, 2.05) is 36.4 Å². The Balaban J connectivity index is 1.22. The van der Waals surface area contributed by atoms with E-state index in [-0.39, 0.29) is 56.2 Å². The molecule has 7 amide bonds. The zero-order chi connectivity index (χ0) is 40.4. The van der Waals surface area contributed by atoms with Crippen molar-refractivity contribution >= 4 is 69.3 Å². The molecule has 3 aromatic carbocycles. The van der Waals surface area contributed by atoms with Gasteiger partial charge in [-0.2, -0.15) is 0 Å². The molecule has 0 bridgehead atoms. The summed E-state index contributed by atoms with van der Waals surface area (Å²) in [4.78, 5) is 76.4. The average molecular weight is 788 g/mol. The number of amides is 7. The lowest BCUT2D eigenvalue weighted by Gasteiger charge is -2.29. The molecule has 4 atom stereocenters. The van der Waals surface area contributed by atoms with Gasteiger partial charge < -0.3 is 37.5 Å². The van der Waals surface area contributed by atoms with Crippen LogP contribution in [0.4, 0.5) is 16.2 Å². The van der Waals surface area contributed by atoms with Gasteiger partial charge in [-0.15, -0.1) is 11.6 Å². The third-order valence-corrected chi connectivity index (χ3v) is 10.6. The molecule has 0 aromatic heterocycles. The highest BCUT2D eigenvalue weighted by Gasteiger charge is 2.36. The Bertz CT molecular complexity index is 1950. The Hall–Kier alpha value is -5.63. The van der Waals surface area contributed by atoms with Crippen molar-refractivity contribution in [2.24, 2.45) is 29.2 Å². The van der Waals surface area contributed by atoms with E-state index in [0.29, 0.717) is 30.8 Å². The number of alkyl halides is 1. The predicted octanol–water partition coefficient (Wildman–Crippen LogP) is 4.51. The Morgan fingerprint density at radius 3 is 2.27 bits per heavy atom. The minimum atomic E-state index is -1.02. The van der Waals surface area contributed by atoms with Crippen molar-refractivity contribution < 1.29 is 33.5 Å². The molecule has 1 unspecified atom stereocenters. The summed E-state index contributed by atoms with van der Waals surface area (Å²) in [5.74, 6) is -2.98. The van der Waals surface area contributed by atoms with Crippen molar-refractivity contribution in [2.45, 2.75) is 64.5 Å². The first-order valence-electron chi connectivity index (χ1n) is 18.9. The third-order valence-electron chi connectivity index (χ3n) is 10.3. The molecule has 56 heavy (non-hydrogen) atoms. The first-order valence-corrected chi connectivity index (χ1v) is 19.5. The van der Waals surface area contributed by atoms with Crippen LogP contribution in [0.1, 0.15) is 63.0 Å². The standard InChI is InChI=1S/C41H50ClN7O7/c1-24(2)36(30(38(43)52)10-5-6-19-49-34(50)16-17-35(49)51)40(54)48-31(11-7-18-45-41(44)55)39(53)47-27-14-12-25(13-15-27)23-56-33-20-32-37(26(21-42)22-46-32)29-9-4-3-8-28(29)33/h3-4,8-9,12-17,20,24,26,30-31,36,46H,5-7,10-11,18-19,21-23H2,1-2H3,(H2,43,52)(H,47,53)(H,48,54)(H3,44,45,55)/t26-,30?,31+,36+/m1/s1. The molecule has 298 valence electrons. The van der Waals surface area contributed by atoms with Gasteiger partial charge in [0.1, 0.15) is 18.4 Å². The number of anilines is 2. The van der Waals surface area contributed by atoms with Crippen LogP contribution < -0.4 is 37.5 Å². The van der Waals surface area contributed by atoms with Crippen LogP contribution in [-0.4, -0.2) is 72.0 Å². The van der Waals surface area contributed by atoms with Gasteiger partial charge >= 0.3 is 6.03 Å². The number of urea groups is 1. The van der Waals surface area contributed by atoms with Crippen LogP contribution in [0.5, 0.6) is 5.75 Å². The molecule has 0 saturated carbocycles. The number of halogens is 1. The Morgan fingerprint density at radius 2 is 1.62 bits per heavy atom. The van der Waals surface area contributed by atoms with Crippen molar-refractivity contribution in [3.05, 3.63) is 77.9 Å². The lowest BCUT2D eigenvalue weighted by molar-refractivity contribution is -0.137. The topological polar surface area (TPSA) is 215 Å². The van der Waals surface area contributed by atoms with Gasteiger partial charge in [0.05, 0.1) is 5.92 Å². The molecule has 5 rings (SSSR count). The van der Waals surface area contributed by atoms with Gasteiger partial charge in [-0.3, -0.25) is 28.9 Å². The largest absolute Gasteiger partial charge is 0.488 e. The molecular weight excluding hydrogens is 738 g/mol. The molecule has 3 aromatic rings. The molecule has 2 aliphatic heterocycles. The van der Waals surface area contributed by atoms with E-state index < -0.39 is 41.6 Å². The molecule has 2 aliphatic rings. The summed E-state index contributed by atoms with van der Waals surface area (Å²) >= 11 is 6.26. The number of nitrogens with zero attached hydrogens (tertiary/aromatic N) is 1. The summed E-state index contributed by atoms with van der Waals surface area (Å²) in [6.07, 6.45) is 4.02. The third kappa shape index (κ3) is 10.4. The summed E-state index contributed by atoms with van der Waals surface area (Å²) in [6.45, 7) is 5.01. The fourth-order valence-corrected chi connectivity index (χ4v) is 7.66. The summed E-state index contributed by atoms with van der Waals surface area (Å²) in [5, 5.41) is 13.8. The Kier molecular flexibility index (Phi) is 14.3. The van der Waals surface area contributed by atoms with Crippen LogP contribution in [0.3, 0.4) is 0 Å². The number of unbranched alkanes of at least 4 members (excludes halogenated alkanes) is 1. The highest BCUT2D eigenvalue weighted by Crippen LogP contribution is 2.42. The summed E-state index contributed by atoms with van der Waals surface area (Å²) < 4.78 is 6.30. The minimum Gasteiger partial charge on any atom is -0.488 e. The van der Waals surface area contributed by atoms with Crippen LogP contribution in [0, 0.1) is 17.8 Å². The van der Waals surface area contributed by atoms with Crippen LogP contribution in [0.25, 0.3) is 10.8 Å². The number of hydrogen-bond donors (Lipinski definition) is 6. The minimum absolute atomic E-state index is 0.164. The number of primary amides is 2. The smallest absolute Gasteiger partial charge is 0.312 e. The quantitative estimate of drug-likeness (QED) is 0.0543. The van der Waals surface area contributed by atoms with Crippen molar-refractivity contribution in [2.75, 3.05) is 36.1 Å². The SMILES string of the molecule is CC(C)[C@H](C(=O)N[C@@H](CCCNC(N)=O)C(=O)Nc1ccc(COc2cc3c(c4ccccc24)[C@H](CCl)CN3)cc1)C(CCCCN1C(=O)C=CC1=O)C(N)=O. The maximum absolute atomic E-state index is 13.9. The van der Waals surface area contributed by atoms with Crippen molar-refractivity contribution in [3.8, 4) is 5.75 Å². The zero-order valence-corrected chi connectivity index (χ0v) is 32.4. The van der Waals surface area contributed by atoms with Gasteiger partial charge in [0.15, 0.2) is 0 Å². The van der Waals surface area contributed by atoms with Crippen LogP contribution in [-0.2, 0) is 30.6 Å². The van der Waals surface area contributed by atoms with Crippen LogP contribution in [0.15, 0.2) is 66.7 Å². The second-order valence-electron chi connectivity index (χ2n) is 14.5. The highest BCUT2D eigenvalue weighted by molar-refractivity contribution is 6.18. The van der Waals surface area contributed by atoms with Gasteiger partial charge in [-0.05, 0) is 60.2 Å². The van der Waals surface area contributed by atoms with Gasteiger partial charge in [0.25, 0.3) is 11.8 Å². The molecule has 0 aliphatic carbocycles. The number of hydrogen-bond acceptors (Lipinski definition) is 8. The van der Waals surface area contributed by atoms with E-state index in [0.717, 1.165) is 39.2 Å². The number of carbonyl (C=O) groups is 6. The maximum Gasteiger partial charge on any atom is 0.312 e. The number of ether oxygens (including phenoxy) is 1. The number of fused-ring (bicyclic) bond motifs is 3. The molecule has 0 saturated heterocycles. The van der Waals surface area contributed by atoms with Crippen LogP contribution in [0.2, 0.25) is 0 Å². The van der Waals surface area contributed by atoms with Gasteiger partial charge in [0, 0.05) is 72.3 Å². The Labute approximate surface area is 331 Å². The van der Waals surface area contributed by atoms with E-state index in [4.69, 9.17) is 27.8 Å². The lowest BCUT2D eigenvalue weighted by Crippen LogP contribution is -2.50. The van der Waals surface area contributed by atoms with E-state index in [2.05, 4.69) is 27.3 Å². The van der Waals surface area contributed by atoms with Gasteiger partial charge in [-0.1, -0.05) is 56.7 Å². The number of benzene rings is 3. The predicted molar refractivity (Wildman–Crippen MR) is 215 cm³/mol.